The van der Waals surface area contributed by atoms with Gasteiger partial charge in [0, 0.05) is 17.5 Å². The molecule has 0 spiro atoms. The molecule has 1 aromatic carbocycles. The monoisotopic (exact) mass is 285 g/mol. The van der Waals surface area contributed by atoms with Crippen LogP contribution in [0.15, 0.2) is 18.2 Å². The van der Waals surface area contributed by atoms with Gasteiger partial charge in [-0.3, -0.25) is 4.79 Å². The Hall–Kier alpha value is -0.570. The molecule has 2 rings (SSSR count). The summed E-state index contributed by atoms with van der Waals surface area (Å²) in [5, 5.41) is 4.13. The second-order valence-electron chi connectivity index (χ2n) is 4.84. The summed E-state index contributed by atoms with van der Waals surface area (Å²) in [4.78, 5) is 12.7. The molecule has 98 valence electrons. The fourth-order valence-corrected chi connectivity index (χ4v) is 2.98. The zero-order chi connectivity index (χ0) is 13.2. The molecule has 0 bridgehead atoms. The minimum atomic E-state index is -0.327. The number of piperidine rings is 1. The standard InChI is InChI=1S/C14H17Cl2NO/c1-2-14(7-4-8-17-9-14)13(18)10-5-3-6-11(15)12(10)16/h3,5-6,17H,2,4,7-9H2,1H3. The van der Waals surface area contributed by atoms with Gasteiger partial charge in [0.2, 0.25) is 0 Å². The van der Waals surface area contributed by atoms with E-state index in [-0.39, 0.29) is 11.2 Å². The van der Waals surface area contributed by atoms with E-state index >= 15 is 0 Å². The molecule has 1 aliphatic heterocycles. The number of Topliss-reactive ketones (excluding diaryl/α,β-unsaturated/α-hetero) is 1. The predicted octanol–water partition coefficient (Wildman–Crippen LogP) is 3.96. The van der Waals surface area contributed by atoms with Crippen molar-refractivity contribution in [2.24, 2.45) is 5.41 Å². The first-order valence-corrected chi connectivity index (χ1v) is 7.06. The Bertz CT molecular complexity index is 453. The van der Waals surface area contributed by atoms with Crippen molar-refractivity contribution in [3.63, 3.8) is 0 Å². The highest BCUT2D eigenvalue weighted by Gasteiger charge is 2.39. The normalized spacial score (nSPS) is 23.9. The van der Waals surface area contributed by atoms with Gasteiger partial charge in [-0.1, -0.05) is 36.2 Å². The fraction of sp³-hybridized carbons (Fsp3) is 0.500. The van der Waals surface area contributed by atoms with Crippen molar-refractivity contribution in [3.8, 4) is 0 Å². The van der Waals surface area contributed by atoms with Crippen LogP contribution in [0.1, 0.15) is 36.5 Å². The lowest BCUT2D eigenvalue weighted by molar-refractivity contribution is 0.0731. The highest BCUT2D eigenvalue weighted by atomic mass is 35.5. The molecule has 1 fully saturated rings. The van der Waals surface area contributed by atoms with Gasteiger partial charge in [0.15, 0.2) is 5.78 Å². The zero-order valence-corrected chi connectivity index (χ0v) is 11.9. The summed E-state index contributed by atoms with van der Waals surface area (Å²) in [5.74, 6) is 0.115. The zero-order valence-electron chi connectivity index (χ0n) is 10.4. The van der Waals surface area contributed by atoms with Crippen LogP contribution in [0.4, 0.5) is 0 Å². The maximum atomic E-state index is 12.7. The van der Waals surface area contributed by atoms with Gasteiger partial charge in [0.25, 0.3) is 0 Å². The highest BCUT2D eigenvalue weighted by molar-refractivity contribution is 6.44. The summed E-state index contributed by atoms with van der Waals surface area (Å²) in [6.45, 7) is 3.77. The van der Waals surface area contributed by atoms with Crippen LogP contribution in [0.2, 0.25) is 10.0 Å². The van der Waals surface area contributed by atoms with E-state index in [1.807, 2.05) is 0 Å². The molecule has 2 nitrogen and oxygen atoms in total. The van der Waals surface area contributed by atoms with Gasteiger partial charge in [-0.05, 0) is 37.9 Å². The summed E-state index contributed by atoms with van der Waals surface area (Å²) < 4.78 is 0. The Labute approximate surface area is 118 Å². The number of carbonyl (C=O) groups excluding carboxylic acids is 1. The molecule has 1 unspecified atom stereocenters. The maximum absolute atomic E-state index is 12.7. The third-order valence-electron chi connectivity index (χ3n) is 3.83. The number of nitrogens with one attached hydrogen (secondary N) is 1. The SMILES string of the molecule is CCC1(C(=O)c2cccc(Cl)c2Cl)CCCNC1. The molecule has 18 heavy (non-hydrogen) atoms. The van der Waals surface area contributed by atoms with Crippen LogP contribution in [0, 0.1) is 5.41 Å². The Morgan fingerprint density at radius 1 is 1.44 bits per heavy atom. The van der Waals surface area contributed by atoms with Crippen molar-refractivity contribution in [2.75, 3.05) is 13.1 Å². The quantitative estimate of drug-likeness (QED) is 0.852. The molecule has 1 N–H and O–H groups in total. The van der Waals surface area contributed by atoms with Gasteiger partial charge in [-0.2, -0.15) is 0 Å². The molecular weight excluding hydrogens is 269 g/mol. The first-order chi connectivity index (χ1) is 8.60. The number of hydrogen-bond acceptors (Lipinski definition) is 2. The summed E-state index contributed by atoms with van der Waals surface area (Å²) in [6, 6.07) is 5.25. The summed E-state index contributed by atoms with van der Waals surface area (Å²) in [5.41, 5.74) is 0.224. The maximum Gasteiger partial charge on any atom is 0.171 e. The molecule has 0 saturated carbocycles. The van der Waals surface area contributed by atoms with Gasteiger partial charge >= 0.3 is 0 Å². The molecule has 4 heteroatoms. The molecule has 0 aromatic heterocycles. The van der Waals surface area contributed by atoms with E-state index in [9.17, 15) is 4.79 Å². The second kappa shape index (κ2) is 5.60. The van der Waals surface area contributed by atoms with Gasteiger partial charge in [-0.15, -0.1) is 0 Å². The minimum Gasteiger partial charge on any atom is -0.316 e. The summed E-state index contributed by atoms with van der Waals surface area (Å²) >= 11 is 12.1. The van der Waals surface area contributed by atoms with E-state index in [4.69, 9.17) is 23.2 Å². The molecule has 1 saturated heterocycles. The third kappa shape index (κ3) is 2.42. The van der Waals surface area contributed by atoms with Gasteiger partial charge < -0.3 is 5.32 Å². The van der Waals surface area contributed by atoms with Crippen molar-refractivity contribution in [1.29, 1.82) is 0 Å². The molecular formula is C14H17Cl2NO. The number of ketones is 1. The average molecular weight is 286 g/mol. The van der Waals surface area contributed by atoms with E-state index in [0.717, 1.165) is 32.4 Å². The third-order valence-corrected chi connectivity index (χ3v) is 4.65. The van der Waals surface area contributed by atoms with Crippen LogP contribution in [-0.4, -0.2) is 18.9 Å². The minimum absolute atomic E-state index is 0.115. The van der Waals surface area contributed by atoms with E-state index in [1.165, 1.54) is 0 Å². The lowest BCUT2D eigenvalue weighted by Crippen LogP contribution is -2.45. The molecule has 0 amide bonds. The van der Waals surface area contributed by atoms with Crippen LogP contribution in [0.3, 0.4) is 0 Å². The predicted molar refractivity (Wildman–Crippen MR) is 75.6 cm³/mol. The molecule has 1 aromatic rings. The van der Waals surface area contributed by atoms with Crippen molar-refractivity contribution >= 4 is 29.0 Å². The first kappa shape index (κ1) is 13.9. The number of carbonyl (C=O) groups is 1. The van der Waals surface area contributed by atoms with E-state index < -0.39 is 0 Å². The van der Waals surface area contributed by atoms with Crippen molar-refractivity contribution in [2.45, 2.75) is 26.2 Å². The lowest BCUT2D eigenvalue weighted by atomic mass is 9.73. The van der Waals surface area contributed by atoms with Crippen LogP contribution >= 0.6 is 23.2 Å². The first-order valence-electron chi connectivity index (χ1n) is 6.30. The summed E-state index contributed by atoms with van der Waals surface area (Å²) in [6.07, 6.45) is 2.76. The van der Waals surface area contributed by atoms with Gasteiger partial charge in [0.05, 0.1) is 10.0 Å². The van der Waals surface area contributed by atoms with Crippen LogP contribution in [-0.2, 0) is 0 Å². The number of benzene rings is 1. The van der Waals surface area contributed by atoms with Crippen molar-refractivity contribution in [1.82, 2.24) is 5.32 Å². The Kier molecular flexibility index (Phi) is 4.31. The second-order valence-corrected chi connectivity index (χ2v) is 5.63. The molecule has 1 aliphatic rings. The van der Waals surface area contributed by atoms with Crippen LogP contribution in [0.5, 0.6) is 0 Å². The molecule has 1 atom stereocenters. The van der Waals surface area contributed by atoms with Crippen molar-refractivity contribution < 1.29 is 4.79 Å². The lowest BCUT2D eigenvalue weighted by Gasteiger charge is -2.35. The Morgan fingerprint density at radius 2 is 2.22 bits per heavy atom. The van der Waals surface area contributed by atoms with E-state index in [1.54, 1.807) is 18.2 Å². The van der Waals surface area contributed by atoms with Gasteiger partial charge in [0.1, 0.15) is 0 Å². The number of halogens is 2. The van der Waals surface area contributed by atoms with E-state index in [2.05, 4.69) is 12.2 Å². The smallest absolute Gasteiger partial charge is 0.171 e. The van der Waals surface area contributed by atoms with Crippen LogP contribution in [0.25, 0.3) is 0 Å². The van der Waals surface area contributed by atoms with E-state index in [0.29, 0.717) is 15.6 Å². The fourth-order valence-electron chi connectivity index (χ4n) is 2.59. The number of hydrogen-bond donors (Lipinski definition) is 1. The van der Waals surface area contributed by atoms with Gasteiger partial charge in [-0.25, -0.2) is 0 Å². The van der Waals surface area contributed by atoms with Crippen molar-refractivity contribution in [3.05, 3.63) is 33.8 Å². The topological polar surface area (TPSA) is 29.1 Å². The highest BCUT2D eigenvalue weighted by Crippen LogP contribution is 2.37. The Morgan fingerprint density at radius 3 is 2.83 bits per heavy atom. The summed E-state index contributed by atoms with van der Waals surface area (Å²) in [7, 11) is 0. The van der Waals surface area contributed by atoms with Crippen LogP contribution < -0.4 is 5.32 Å². The Balaban J connectivity index is 2.37. The average Bonchev–Trinajstić information content (AvgIpc) is 2.42. The molecule has 0 radical (unpaired) electrons. The largest absolute Gasteiger partial charge is 0.316 e. The molecule has 1 heterocycles. The number of rotatable bonds is 3. The molecule has 0 aliphatic carbocycles.